The monoisotopic (exact) mass is 467 g/mol. The number of benzene rings is 3. The van der Waals surface area contributed by atoms with Crippen molar-refractivity contribution in [2.75, 3.05) is 7.11 Å². The average molecular weight is 468 g/mol. The summed E-state index contributed by atoms with van der Waals surface area (Å²) in [5, 5.41) is 21.2. The number of phenols is 1. The Hall–Kier alpha value is -3.72. The number of oxazole rings is 1. The minimum absolute atomic E-state index is 0.216. The Kier molecular flexibility index (Phi) is 5.20. The standard InChI is InChI=1S/C21H14BrN3O5/c1-29-16-4-2-3-12(8-16)21-24-17-10-15(5-6-19(17)30-21)23-11-13-7-14(22)9-18(20(13)26)25(27)28/h2-11,26H,1H3. The molecule has 1 N–H and O–H groups in total. The van der Waals surface area contributed by atoms with Crippen LogP contribution in [0.15, 0.2) is 68.5 Å². The van der Waals surface area contributed by atoms with Gasteiger partial charge in [0.1, 0.15) is 11.3 Å². The third kappa shape index (κ3) is 3.87. The number of aromatic hydroxyl groups is 1. The quantitative estimate of drug-likeness (QED) is 0.231. The fourth-order valence-electron chi connectivity index (χ4n) is 2.86. The molecule has 0 saturated heterocycles. The lowest BCUT2D eigenvalue weighted by Crippen LogP contribution is -1.92. The van der Waals surface area contributed by atoms with Crippen LogP contribution in [-0.2, 0) is 0 Å². The van der Waals surface area contributed by atoms with Gasteiger partial charge in [-0.15, -0.1) is 0 Å². The van der Waals surface area contributed by atoms with Crippen LogP contribution in [0.3, 0.4) is 0 Å². The van der Waals surface area contributed by atoms with E-state index in [-0.39, 0.29) is 5.56 Å². The summed E-state index contributed by atoms with van der Waals surface area (Å²) in [5.74, 6) is 0.697. The zero-order valence-corrected chi connectivity index (χ0v) is 17.2. The normalized spacial score (nSPS) is 11.3. The van der Waals surface area contributed by atoms with Gasteiger partial charge < -0.3 is 14.3 Å². The van der Waals surface area contributed by atoms with E-state index in [1.165, 1.54) is 12.3 Å². The lowest BCUT2D eigenvalue weighted by Gasteiger charge is -2.01. The number of nitro groups is 1. The number of phenolic OH excluding ortho intramolecular Hbond substituents is 1. The minimum Gasteiger partial charge on any atom is -0.502 e. The molecule has 0 radical (unpaired) electrons. The Bertz CT molecular complexity index is 1300. The van der Waals surface area contributed by atoms with E-state index in [1.807, 2.05) is 24.3 Å². The van der Waals surface area contributed by atoms with Crippen LogP contribution < -0.4 is 4.74 Å². The van der Waals surface area contributed by atoms with Crippen LogP contribution in [-0.4, -0.2) is 28.3 Å². The Labute approximate surface area is 178 Å². The molecule has 0 atom stereocenters. The molecule has 0 unspecified atom stereocenters. The second kappa shape index (κ2) is 7.96. The molecule has 0 aliphatic carbocycles. The second-order valence-corrected chi connectivity index (χ2v) is 7.20. The Morgan fingerprint density at radius 3 is 2.83 bits per heavy atom. The predicted molar refractivity (Wildman–Crippen MR) is 116 cm³/mol. The van der Waals surface area contributed by atoms with Crippen molar-refractivity contribution in [2.45, 2.75) is 0 Å². The summed E-state index contributed by atoms with van der Waals surface area (Å²) in [7, 11) is 1.59. The highest BCUT2D eigenvalue weighted by Gasteiger charge is 2.17. The lowest BCUT2D eigenvalue weighted by molar-refractivity contribution is -0.385. The van der Waals surface area contributed by atoms with E-state index in [1.54, 1.807) is 31.4 Å². The van der Waals surface area contributed by atoms with Crippen molar-refractivity contribution in [3.8, 4) is 23.0 Å². The molecule has 0 fully saturated rings. The van der Waals surface area contributed by atoms with Crippen molar-refractivity contribution in [1.29, 1.82) is 0 Å². The number of aromatic nitrogens is 1. The number of aliphatic imine (C=N–C) groups is 1. The molecule has 0 bridgehead atoms. The fraction of sp³-hybridized carbons (Fsp3) is 0.0476. The van der Waals surface area contributed by atoms with E-state index in [2.05, 4.69) is 25.9 Å². The van der Waals surface area contributed by atoms with Gasteiger partial charge in [0, 0.05) is 27.9 Å². The van der Waals surface area contributed by atoms with E-state index in [4.69, 9.17) is 9.15 Å². The molecule has 0 amide bonds. The highest BCUT2D eigenvalue weighted by Crippen LogP contribution is 2.33. The number of halogens is 1. The molecule has 4 rings (SSSR count). The molecule has 0 saturated carbocycles. The summed E-state index contributed by atoms with van der Waals surface area (Å²) in [6, 6.07) is 15.3. The summed E-state index contributed by atoms with van der Waals surface area (Å²) in [5.41, 5.74) is 2.34. The van der Waals surface area contributed by atoms with Crippen molar-refractivity contribution in [3.05, 3.63) is 74.7 Å². The zero-order chi connectivity index (χ0) is 21.3. The van der Waals surface area contributed by atoms with Gasteiger partial charge in [-0.05, 0) is 42.5 Å². The molecule has 0 aliphatic heterocycles. The number of ether oxygens (including phenoxy) is 1. The van der Waals surface area contributed by atoms with Gasteiger partial charge in [-0.1, -0.05) is 22.0 Å². The van der Waals surface area contributed by atoms with Crippen LogP contribution in [0, 0.1) is 10.1 Å². The summed E-state index contributed by atoms with van der Waals surface area (Å²) in [4.78, 5) is 19.2. The van der Waals surface area contributed by atoms with Crippen LogP contribution in [0.2, 0.25) is 0 Å². The van der Waals surface area contributed by atoms with Crippen LogP contribution in [0.1, 0.15) is 5.56 Å². The molecule has 9 heteroatoms. The first-order chi connectivity index (χ1) is 14.4. The summed E-state index contributed by atoms with van der Waals surface area (Å²) in [6.45, 7) is 0. The van der Waals surface area contributed by atoms with Crippen molar-refractivity contribution in [3.63, 3.8) is 0 Å². The van der Waals surface area contributed by atoms with Gasteiger partial charge >= 0.3 is 5.69 Å². The van der Waals surface area contributed by atoms with Crippen molar-refractivity contribution in [2.24, 2.45) is 4.99 Å². The number of nitro benzene ring substituents is 1. The third-order valence-electron chi connectivity index (χ3n) is 4.32. The maximum absolute atomic E-state index is 11.1. The fourth-order valence-corrected chi connectivity index (χ4v) is 3.33. The van der Waals surface area contributed by atoms with E-state index in [0.717, 1.165) is 5.56 Å². The second-order valence-electron chi connectivity index (χ2n) is 6.28. The number of nitrogens with zero attached hydrogens (tertiary/aromatic N) is 3. The van der Waals surface area contributed by atoms with Gasteiger partial charge in [0.15, 0.2) is 5.58 Å². The predicted octanol–water partition coefficient (Wildman–Crippen LogP) is 5.63. The molecule has 1 heterocycles. The van der Waals surface area contributed by atoms with Gasteiger partial charge in [0.05, 0.1) is 17.7 Å². The number of hydrogen-bond donors (Lipinski definition) is 1. The first-order valence-corrected chi connectivity index (χ1v) is 9.50. The average Bonchev–Trinajstić information content (AvgIpc) is 3.17. The number of fused-ring (bicyclic) bond motifs is 1. The summed E-state index contributed by atoms with van der Waals surface area (Å²) in [6.07, 6.45) is 1.36. The smallest absolute Gasteiger partial charge is 0.312 e. The molecular formula is C21H14BrN3O5. The van der Waals surface area contributed by atoms with Crippen molar-refractivity contribution in [1.82, 2.24) is 4.98 Å². The van der Waals surface area contributed by atoms with Gasteiger partial charge in [0.2, 0.25) is 11.6 Å². The molecule has 4 aromatic rings. The maximum atomic E-state index is 11.1. The van der Waals surface area contributed by atoms with Crippen LogP contribution >= 0.6 is 15.9 Å². The number of rotatable bonds is 5. The van der Waals surface area contributed by atoms with Crippen LogP contribution in [0.4, 0.5) is 11.4 Å². The van der Waals surface area contributed by atoms with Crippen molar-refractivity contribution < 1.29 is 19.2 Å². The van der Waals surface area contributed by atoms with Crippen molar-refractivity contribution >= 4 is 44.6 Å². The lowest BCUT2D eigenvalue weighted by atomic mass is 10.2. The molecule has 0 aliphatic rings. The molecule has 1 aromatic heterocycles. The Morgan fingerprint density at radius 1 is 1.23 bits per heavy atom. The highest BCUT2D eigenvalue weighted by molar-refractivity contribution is 9.10. The first kappa shape index (κ1) is 19.6. The summed E-state index contributed by atoms with van der Waals surface area (Å²) < 4.78 is 11.5. The van der Waals surface area contributed by atoms with Gasteiger partial charge in [0.25, 0.3) is 0 Å². The third-order valence-corrected chi connectivity index (χ3v) is 4.78. The molecular weight excluding hydrogens is 454 g/mol. The van der Waals surface area contributed by atoms with Gasteiger partial charge in [-0.3, -0.25) is 15.1 Å². The number of methoxy groups -OCH3 is 1. The van der Waals surface area contributed by atoms with Crippen LogP contribution in [0.5, 0.6) is 11.5 Å². The highest BCUT2D eigenvalue weighted by atomic mass is 79.9. The Balaban J connectivity index is 1.67. The van der Waals surface area contributed by atoms with Gasteiger partial charge in [-0.2, -0.15) is 0 Å². The molecule has 30 heavy (non-hydrogen) atoms. The van der Waals surface area contributed by atoms with E-state index >= 15 is 0 Å². The van der Waals surface area contributed by atoms with Crippen LogP contribution in [0.25, 0.3) is 22.6 Å². The van der Waals surface area contributed by atoms with Gasteiger partial charge in [-0.25, -0.2) is 4.98 Å². The number of hydrogen-bond acceptors (Lipinski definition) is 7. The molecule has 150 valence electrons. The largest absolute Gasteiger partial charge is 0.502 e. The molecule has 8 nitrogen and oxygen atoms in total. The maximum Gasteiger partial charge on any atom is 0.312 e. The van der Waals surface area contributed by atoms with E-state index < -0.39 is 16.4 Å². The van der Waals surface area contributed by atoms with E-state index in [0.29, 0.717) is 32.9 Å². The topological polar surface area (TPSA) is 111 Å². The Morgan fingerprint density at radius 2 is 2.07 bits per heavy atom. The zero-order valence-electron chi connectivity index (χ0n) is 15.6. The van der Waals surface area contributed by atoms with E-state index in [9.17, 15) is 15.2 Å². The first-order valence-electron chi connectivity index (χ1n) is 8.70. The molecule has 3 aromatic carbocycles. The SMILES string of the molecule is COc1cccc(-c2nc3cc(N=Cc4cc(Br)cc([N+](=O)[O-])c4O)ccc3o2)c1. The molecule has 0 spiro atoms. The summed E-state index contributed by atoms with van der Waals surface area (Å²) >= 11 is 3.20. The minimum atomic E-state index is -0.654.